The fourth-order valence-corrected chi connectivity index (χ4v) is 4.70. The van der Waals surface area contributed by atoms with E-state index in [1.807, 2.05) is 13.8 Å². The minimum Gasteiger partial charge on any atom is -0.272 e. The topological polar surface area (TPSA) is 90.3 Å². The summed E-state index contributed by atoms with van der Waals surface area (Å²) >= 11 is 0. The molecule has 30 heavy (non-hydrogen) atoms. The van der Waals surface area contributed by atoms with Gasteiger partial charge in [0.25, 0.3) is 5.91 Å². The van der Waals surface area contributed by atoms with Gasteiger partial charge in [0.1, 0.15) is 15.7 Å². The third-order valence-electron chi connectivity index (χ3n) is 5.11. The quantitative estimate of drug-likeness (QED) is 0.612. The average Bonchev–Trinajstić information content (AvgIpc) is 3.07. The molecule has 0 fully saturated rings. The Morgan fingerprint density at radius 1 is 1.17 bits per heavy atom. The standard InChI is InChI=1S/C22H27FN4O2S/c1-4-6-15-8-10-20(23)18(7-5-2)19(15)13-22(28)26-30(24,29)17-9-11-21-16(12-17)14-25-27(21)3/h8-12,14H,4-7,13H2,1-3H3,(H2,24,26,28,29). The minimum absolute atomic E-state index is 0.119. The summed E-state index contributed by atoms with van der Waals surface area (Å²) in [6, 6.07) is 8.15. The summed E-state index contributed by atoms with van der Waals surface area (Å²) in [4.78, 5) is 13.0. The van der Waals surface area contributed by atoms with E-state index in [4.69, 9.17) is 5.14 Å². The molecule has 8 heteroatoms. The molecule has 0 saturated heterocycles. The van der Waals surface area contributed by atoms with Gasteiger partial charge in [-0.25, -0.2) is 13.7 Å². The number of aryl methyl sites for hydroxylation is 2. The van der Waals surface area contributed by atoms with Gasteiger partial charge in [0.2, 0.25) is 0 Å². The van der Waals surface area contributed by atoms with Gasteiger partial charge >= 0.3 is 0 Å². The summed E-state index contributed by atoms with van der Waals surface area (Å²) in [7, 11) is -1.63. The smallest absolute Gasteiger partial charge is 0.259 e. The van der Waals surface area contributed by atoms with Crippen molar-refractivity contribution >= 4 is 26.7 Å². The normalized spacial score (nSPS) is 13.4. The molecule has 0 aliphatic rings. The van der Waals surface area contributed by atoms with Crippen molar-refractivity contribution < 1.29 is 13.4 Å². The van der Waals surface area contributed by atoms with Gasteiger partial charge in [-0.05, 0) is 53.8 Å². The largest absolute Gasteiger partial charge is 0.272 e. The van der Waals surface area contributed by atoms with Gasteiger partial charge in [0, 0.05) is 12.4 Å². The first kappa shape index (κ1) is 22.1. The van der Waals surface area contributed by atoms with E-state index in [2.05, 4.69) is 9.46 Å². The molecule has 3 rings (SSSR count). The molecular formula is C22H27FN4O2S. The van der Waals surface area contributed by atoms with Gasteiger partial charge in [-0.3, -0.25) is 9.48 Å². The lowest BCUT2D eigenvalue weighted by Gasteiger charge is -2.14. The van der Waals surface area contributed by atoms with Crippen molar-refractivity contribution in [3.05, 3.63) is 59.0 Å². The highest BCUT2D eigenvalue weighted by molar-refractivity contribution is 7.91. The number of halogens is 1. The number of hydrogen-bond donors (Lipinski definition) is 1. The molecule has 0 radical (unpaired) electrons. The molecule has 0 aliphatic carbocycles. The molecule has 0 saturated carbocycles. The summed E-state index contributed by atoms with van der Waals surface area (Å²) in [5, 5.41) is 10.9. The Morgan fingerprint density at radius 2 is 1.90 bits per heavy atom. The number of carbonyl (C=O) groups is 1. The summed E-state index contributed by atoms with van der Waals surface area (Å²) in [6.07, 6.45) is 4.40. The summed E-state index contributed by atoms with van der Waals surface area (Å²) in [6.45, 7) is 3.99. The first-order valence-electron chi connectivity index (χ1n) is 10.1. The lowest BCUT2D eigenvalue weighted by Crippen LogP contribution is -2.17. The number of rotatable bonds is 7. The molecule has 1 aromatic heterocycles. The highest BCUT2D eigenvalue weighted by Crippen LogP contribution is 2.24. The van der Waals surface area contributed by atoms with Crippen LogP contribution in [0.25, 0.3) is 10.9 Å². The molecule has 0 spiro atoms. The fraction of sp³-hybridized carbons (Fsp3) is 0.364. The molecule has 3 aromatic rings. The first-order chi connectivity index (χ1) is 14.3. The van der Waals surface area contributed by atoms with E-state index in [9.17, 15) is 13.4 Å². The van der Waals surface area contributed by atoms with Crippen molar-refractivity contribution in [2.45, 2.75) is 50.8 Å². The van der Waals surface area contributed by atoms with E-state index in [-0.39, 0.29) is 17.1 Å². The number of carbonyl (C=O) groups excluding carboxylic acids is 1. The van der Waals surface area contributed by atoms with Crippen LogP contribution in [-0.4, -0.2) is 19.9 Å². The molecular weight excluding hydrogens is 403 g/mol. The van der Waals surface area contributed by atoms with Crippen molar-refractivity contribution in [2.75, 3.05) is 0 Å². The molecule has 0 aliphatic heterocycles. The zero-order valence-electron chi connectivity index (χ0n) is 17.5. The Bertz CT molecular complexity index is 1210. The highest BCUT2D eigenvalue weighted by Gasteiger charge is 2.18. The predicted octanol–water partition coefficient (Wildman–Crippen LogP) is 4.09. The van der Waals surface area contributed by atoms with E-state index in [1.165, 1.54) is 6.07 Å². The lowest BCUT2D eigenvalue weighted by atomic mass is 9.92. The van der Waals surface area contributed by atoms with Crippen LogP contribution in [0.2, 0.25) is 0 Å². The van der Waals surface area contributed by atoms with Gasteiger partial charge in [0.05, 0.1) is 23.0 Å². The van der Waals surface area contributed by atoms with Gasteiger partial charge in [-0.15, -0.1) is 4.36 Å². The number of hydrogen-bond acceptors (Lipinski definition) is 3. The van der Waals surface area contributed by atoms with Crippen LogP contribution >= 0.6 is 0 Å². The Kier molecular flexibility index (Phi) is 6.67. The average molecular weight is 431 g/mol. The Hall–Kier alpha value is -2.58. The van der Waals surface area contributed by atoms with Crippen molar-refractivity contribution in [1.29, 1.82) is 0 Å². The van der Waals surface area contributed by atoms with Gasteiger partial charge in [-0.2, -0.15) is 5.10 Å². The van der Waals surface area contributed by atoms with E-state index in [0.717, 1.165) is 35.7 Å². The molecule has 0 bridgehead atoms. The second-order valence-corrected chi connectivity index (χ2v) is 9.17. The second kappa shape index (κ2) is 9.06. The molecule has 160 valence electrons. The van der Waals surface area contributed by atoms with Crippen LogP contribution in [0.3, 0.4) is 0 Å². The number of nitrogens with zero attached hydrogens (tertiary/aromatic N) is 3. The number of benzene rings is 2. The number of amides is 1. The molecule has 1 atom stereocenters. The molecule has 6 nitrogen and oxygen atoms in total. The molecule has 2 aromatic carbocycles. The summed E-state index contributed by atoms with van der Waals surface area (Å²) in [5.74, 6) is -0.941. The summed E-state index contributed by atoms with van der Waals surface area (Å²) in [5.41, 5.74) is 2.96. The van der Waals surface area contributed by atoms with Crippen LogP contribution in [-0.2, 0) is 41.0 Å². The first-order valence-corrected chi connectivity index (χ1v) is 11.6. The minimum atomic E-state index is -3.43. The molecule has 1 unspecified atom stereocenters. The van der Waals surface area contributed by atoms with Crippen molar-refractivity contribution in [2.24, 2.45) is 16.5 Å². The number of nitrogens with two attached hydrogens (primary N) is 1. The zero-order valence-corrected chi connectivity index (χ0v) is 18.3. The maximum atomic E-state index is 14.4. The third kappa shape index (κ3) is 4.60. The maximum absolute atomic E-state index is 14.4. The molecule has 2 N–H and O–H groups in total. The van der Waals surface area contributed by atoms with E-state index in [0.29, 0.717) is 17.5 Å². The van der Waals surface area contributed by atoms with Crippen LogP contribution in [0.4, 0.5) is 4.39 Å². The maximum Gasteiger partial charge on any atom is 0.259 e. The van der Waals surface area contributed by atoms with Crippen LogP contribution in [0.1, 0.15) is 43.4 Å². The van der Waals surface area contributed by atoms with Crippen LogP contribution in [0.5, 0.6) is 0 Å². The van der Waals surface area contributed by atoms with Gasteiger partial charge in [-0.1, -0.05) is 32.8 Å². The van der Waals surface area contributed by atoms with E-state index in [1.54, 1.807) is 42.2 Å². The summed E-state index contributed by atoms with van der Waals surface area (Å²) < 4.78 is 33.0. The molecule has 1 amide bonds. The van der Waals surface area contributed by atoms with Crippen molar-refractivity contribution in [1.82, 2.24) is 9.78 Å². The molecule has 1 heterocycles. The Morgan fingerprint density at radius 3 is 2.60 bits per heavy atom. The van der Waals surface area contributed by atoms with Crippen LogP contribution in [0, 0.1) is 5.82 Å². The number of aromatic nitrogens is 2. The fourth-order valence-electron chi connectivity index (χ4n) is 3.67. The SMILES string of the molecule is CCCc1ccc(F)c(CCC)c1CC(=O)N=S(N)(=O)c1ccc2c(cnn2C)c1. The van der Waals surface area contributed by atoms with E-state index < -0.39 is 15.8 Å². The van der Waals surface area contributed by atoms with Crippen molar-refractivity contribution in [3.8, 4) is 0 Å². The van der Waals surface area contributed by atoms with Crippen molar-refractivity contribution in [3.63, 3.8) is 0 Å². The third-order valence-corrected chi connectivity index (χ3v) is 6.52. The second-order valence-electron chi connectivity index (χ2n) is 7.38. The highest BCUT2D eigenvalue weighted by atomic mass is 32.2. The van der Waals surface area contributed by atoms with Crippen LogP contribution < -0.4 is 5.14 Å². The Balaban J connectivity index is 1.97. The Labute approximate surface area is 176 Å². The monoisotopic (exact) mass is 430 g/mol. The van der Waals surface area contributed by atoms with Gasteiger partial charge in [0.15, 0.2) is 0 Å². The van der Waals surface area contributed by atoms with Crippen LogP contribution in [0.15, 0.2) is 45.8 Å². The van der Waals surface area contributed by atoms with E-state index >= 15 is 0 Å². The van der Waals surface area contributed by atoms with Gasteiger partial charge < -0.3 is 0 Å². The zero-order chi connectivity index (χ0) is 21.9. The predicted molar refractivity (Wildman–Crippen MR) is 117 cm³/mol. The number of fused-ring (bicyclic) bond motifs is 1. The lowest BCUT2D eigenvalue weighted by molar-refractivity contribution is -0.117.